The van der Waals surface area contributed by atoms with Crippen molar-refractivity contribution in [2.45, 2.75) is 6.42 Å². The summed E-state index contributed by atoms with van der Waals surface area (Å²) < 4.78 is 5.06. The van der Waals surface area contributed by atoms with E-state index >= 15 is 0 Å². The van der Waals surface area contributed by atoms with Gasteiger partial charge in [-0.25, -0.2) is 0 Å². The van der Waals surface area contributed by atoms with Crippen LogP contribution in [-0.2, 0) is 6.42 Å². The molecule has 0 bridgehead atoms. The van der Waals surface area contributed by atoms with Crippen LogP contribution in [-0.4, -0.2) is 20.3 Å². The third-order valence-electron chi connectivity index (χ3n) is 1.98. The Morgan fingerprint density at radius 1 is 1.50 bits per heavy atom. The molecule has 0 saturated heterocycles. The molecule has 14 heavy (non-hydrogen) atoms. The Morgan fingerprint density at radius 3 is 2.86 bits per heavy atom. The number of rotatable bonds is 5. The lowest BCUT2D eigenvalue weighted by molar-refractivity contribution is 0.414. The van der Waals surface area contributed by atoms with Crippen molar-refractivity contribution in [3.8, 4) is 5.75 Å². The number of hydrogen-bond donors (Lipinski definition) is 2. The predicted octanol–water partition coefficient (Wildman–Crippen LogP) is 1.40. The third-order valence-corrected chi connectivity index (χ3v) is 2.33. The molecule has 0 spiro atoms. The summed E-state index contributed by atoms with van der Waals surface area (Å²) in [6, 6.07) is 5.70. The van der Waals surface area contributed by atoms with Gasteiger partial charge < -0.3 is 15.8 Å². The van der Waals surface area contributed by atoms with Crippen molar-refractivity contribution in [3.05, 3.63) is 28.8 Å². The average molecular weight is 215 g/mol. The molecule has 0 aromatic heterocycles. The molecule has 3 N–H and O–H groups in total. The fourth-order valence-corrected chi connectivity index (χ4v) is 1.45. The molecular formula is C10H15ClN2O. The minimum atomic E-state index is 0.494. The van der Waals surface area contributed by atoms with E-state index in [1.807, 2.05) is 18.2 Å². The van der Waals surface area contributed by atoms with E-state index in [0.29, 0.717) is 6.67 Å². The first-order valence-corrected chi connectivity index (χ1v) is 4.89. The molecule has 0 fully saturated rings. The molecular weight excluding hydrogens is 200 g/mol. The third kappa shape index (κ3) is 3.18. The topological polar surface area (TPSA) is 47.3 Å². The van der Waals surface area contributed by atoms with Gasteiger partial charge in [0.15, 0.2) is 0 Å². The van der Waals surface area contributed by atoms with Crippen LogP contribution in [0.5, 0.6) is 5.75 Å². The molecule has 3 nitrogen and oxygen atoms in total. The standard InChI is InChI=1S/C10H15ClN2O/c1-14-9-3-2-8(10(11)6-9)4-5-13-7-12/h2-3,6,13H,4-5,7,12H2,1H3. The summed E-state index contributed by atoms with van der Waals surface area (Å²) >= 11 is 6.05. The molecule has 1 aromatic carbocycles. The molecule has 0 unspecified atom stereocenters. The first-order chi connectivity index (χ1) is 6.77. The normalized spacial score (nSPS) is 10.2. The van der Waals surface area contributed by atoms with Crippen LogP contribution in [0.15, 0.2) is 18.2 Å². The van der Waals surface area contributed by atoms with E-state index in [1.165, 1.54) is 0 Å². The van der Waals surface area contributed by atoms with E-state index in [0.717, 1.165) is 29.3 Å². The number of nitrogens with two attached hydrogens (primary N) is 1. The monoisotopic (exact) mass is 214 g/mol. The van der Waals surface area contributed by atoms with Gasteiger partial charge in [-0.2, -0.15) is 0 Å². The van der Waals surface area contributed by atoms with Crippen molar-refractivity contribution >= 4 is 11.6 Å². The highest BCUT2D eigenvalue weighted by Crippen LogP contribution is 2.22. The van der Waals surface area contributed by atoms with Gasteiger partial charge in [0.25, 0.3) is 0 Å². The van der Waals surface area contributed by atoms with Crippen LogP contribution >= 0.6 is 11.6 Å². The first-order valence-electron chi connectivity index (χ1n) is 4.51. The highest BCUT2D eigenvalue weighted by Gasteiger charge is 2.01. The zero-order valence-electron chi connectivity index (χ0n) is 8.22. The maximum atomic E-state index is 6.05. The van der Waals surface area contributed by atoms with Gasteiger partial charge in [0.1, 0.15) is 5.75 Å². The van der Waals surface area contributed by atoms with E-state index in [1.54, 1.807) is 7.11 Å². The Bertz CT molecular complexity index is 291. The lowest BCUT2D eigenvalue weighted by Crippen LogP contribution is -2.24. The van der Waals surface area contributed by atoms with Crippen LogP contribution < -0.4 is 15.8 Å². The quantitative estimate of drug-likeness (QED) is 0.576. The summed E-state index contributed by atoms with van der Waals surface area (Å²) in [7, 11) is 1.63. The molecule has 0 heterocycles. The molecule has 4 heteroatoms. The summed E-state index contributed by atoms with van der Waals surface area (Å²) in [5.74, 6) is 0.783. The van der Waals surface area contributed by atoms with Gasteiger partial charge in [0, 0.05) is 18.2 Å². The van der Waals surface area contributed by atoms with Crippen LogP contribution in [0.3, 0.4) is 0 Å². The van der Waals surface area contributed by atoms with Gasteiger partial charge in [-0.3, -0.25) is 0 Å². The van der Waals surface area contributed by atoms with E-state index in [2.05, 4.69) is 5.32 Å². The minimum Gasteiger partial charge on any atom is -0.497 e. The second-order valence-corrected chi connectivity index (χ2v) is 3.32. The molecule has 0 amide bonds. The largest absolute Gasteiger partial charge is 0.497 e. The first kappa shape index (κ1) is 11.3. The van der Waals surface area contributed by atoms with Crippen molar-refractivity contribution in [3.63, 3.8) is 0 Å². The summed E-state index contributed by atoms with van der Waals surface area (Å²) in [5, 5.41) is 3.78. The van der Waals surface area contributed by atoms with Crippen molar-refractivity contribution in [1.82, 2.24) is 5.32 Å². The predicted molar refractivity (Wildman–Crippen MR) is 58.8 cm³/mol. The van der Waals surface area contributed by atoms with Gasteiger partial charge in [0.2, 0.25) is 0 Å². The van der Waals surface area contributed by atoms with Gasteiger partial charge in [-0.05, 0) is 24.1 Å². The van der Waals surface area contributed by atoms with Crippen molar-refractivity contribution in [2.75, 3.05) is 20.3 Å². The number of hydrogen-bond acceptors (Lipinski definition) is 3. The molecule has 1 rings (SSSR count). The molecule has 1 aromatic rings. The zero-order chi connectivity index (χ0) is 10.4. The van der Waals surface area contributed by atoms with E-state index < -0.39 is 0 Å². The average Bonchev–Trinajstić information content (AvgIpc) is 2.20. The van der Waals surface area contributed by atoms with Crippen LogP contribution in [0.4, 0.5) is 0 Å². The van der Waals surface area contributed by atoms with Gasteiger partial charge in [0.05, 0.1) is 7.11 Å². The number of halogens is 1. The van der Waals surface area contributed by atoms with Crippen LogP contribution in [0.25, 0.3) is 0 Å². The smallest absolute Gasteiger partial charge is 0.120 e. The van der Waals surface area contributed by atoms with Crippen molar-refractivity contribution in [1.29, 1.82) is 0 Å². The lowest BCUT2D eigenvalue weighted by atomic mass is 10.1. The summed E-state index contributed by atoms with van der Waals surface area (Å²) in [6.07, 6.45) is 0.875. The summed E-state index contributed by atoms with van der Waals surface area (Å²) in [5.41, 5.74) is 6.42. The Kier molecular flexibility index (Phi) is 4.73. The highest BCUT2D eigenvalue weighted by molar-refractivity contribution is 6.31. The number of benzene rings is 1. The van der Waals surface area contributed by atoms with Crippen LogP contribution in [0, 0.1) is 0 Å². The second kappa shape index (κ2) is 5.86. The van der Waals surface area contributed by atoms with Crippen LogP contribution in [0.1, 0.15) is 5.56 Å². The second-order valence-electron chi connectivity index (χ2n) is 2.91. The summed E-state index contributed by atoms with van der Waals surface area (Å²) in [6.45, 7) is 1.33. The highest BCUT2D eigenvalue weighted by atomic mass is 35.5. The Balaban J connectivity index is 2.59. The van der Waals surface area contributed by atoms with Crippen molar-refractivity contribution in [2.24, 2.45) is 5.73 Å². The Morgan fingerprint density at radius 2 is 2.29 bits per heavy atom. The molecule has 0 aliphatic carbocycles. The SMILES string of the molecule is COc1ccc(CCNCN)c(Cl)c1. The summed E-state index contributed by atoms with van der Waals surface area (Å²) in [4.78, 5) is 0. The van der Waals surface area contributed by atoms with Crippen molar-refractivity contribution < 1.29 is 4.74 Å². The molecule has 0 atom stereocenters. The van der Waals surface area contributed by atoms with Gasteiger partial charge in [-0.1, -0.05) is 17.7 Å². The molecule has 78 valence electrons. The lowest BCUT2D eigenvalue weighted by Gasteiger charge is -2.06. The molecule has 0 aliphatic heterocycles. The maximum Gasteiger partial charge on any atom is 0.120 e. The van der Waals surface area contributed by atoms with E-state index in [9.17, 15) is 0 Å². The molecule has 0 aliphatic rings. The van der Waals surface area contributed by atoms with Crippen LogP contribution in [0.2, 0.25) is 5.02 Å². The van der Waals surface area contributed by atoms with Gasteiger partial charge in [-0.15, -0.1) is 0 Å². The van der Waals surface area contributed by atoms with E-state index in [4.69, 9.17) is 22.1 Å². The Hall–Kier alpha value is -0.770. The number of nitrogens with one attached hydrogen (secondary N) is 1. The molecule has 0 saturated carbocycles. The molecule has 0 radical (unpaired) electrons. The van der Waals surface area contributed by atoms with E-state index in [-0.39, 0.29) is 0 Å². The zero-order valence-corrected chi connectivity index (χ0v) is 8.97. The fraction of sp³-hybridized carbons (Fsp3) is 0.400. The number of methoxy groups -OCH3 is 1. The minimum absolute atomic E-state index is 0.494. The Labute approximate surface area is 89.2 Å². The van der Waals surface area contributed by atoms with Gasteiger partial charge >= 0.3 is 0 Å². The number of ether oxygens (including phenoxy) is 1. The fourth-order valence-electron chi connectivity index (χ4n) is 1.18. The maximum absolute atomic E-state index is 6.05.